The van der Waals surface area contributed by atoms with Crippen LogP contribution < -0.4 is 0 Å². The molecule has 0 saturated carbocycles. The van der Waals surface area contributed by atoms with Gasteiger partial charge in [-0.1, -0.05) is 12.2 Å². The van der Waals surface area contributed by atoms with Crippen LogP contribution in [0.4, 0.5) is 0 Å². The van der Waals surface area contributed by atoms with Crippen molar-refractivity contribution in [2.24, 2.45) is 0 Å². The average molecular weight is 483 g/mol. The van der Waals surface area contributed by atoms with E-state index in [9.17, 15) is 5.11 Å². The van der Waals surface area contributed by atoms with Crippen molar-refractivity contribution < 1.29 is 5.11 Å². The minimum absolute atomic E-state index is 0.467. The molecule has 5 nitrogen and oxygen atoms in total. The fourth-order valence-corrected chi connectivity index (χ4v) is 4.39. The number of nitrogens with zero attached hydrogens (tertiary/aromatic N) is 2. The van der Waals surface area contributed by atoms with Gasteiger partial charge in [-0.2, -0.15) is 0 Å². The number of aromatic nitrogens is 4. The molecule has 156 valence electrons. The number of halogens is 1. The SMILES string of the molecule is OC1(Br)C=CC(c2c3nc(cc4ccc(cc5ccc(cc6nc2C=C6)[nH]5)[nH]4)C=C3)=CC1. The Morgan fingerprint density at radius 1 is 0.750 bits per heavy atom. The number of aromatic amines is 2. The summed E-state index contributed by atoms with van der Waals surface area (Å²) in [6.07, 6.45) is 14.2. The number of alkyl halides is 1. The van der Waals surface area contributed by atoms with Crippen LogP contribution in [0.25, 0.3) is 51.9 Å². The van der Waals surface area contributed by atoms with Gasteiger partial charge in [0.25, 0.3) is 0 Å². The van der Waals surface area contributed by atoms with Crippen molar-refractivity contribution in [2.45, 2.75) is 10.9 Å². The highest BCUT2D eigenvalue weighted by Gasteiger charge is 2.23. The fraction of sp³-hybridized carbons (Fsp3) is 0.0769. The van der Waals surface area contributed by atoms with E-state index in [4.69, 9.17) is 9.97 Å². The monoisotopic (exact) mass is 482 g/mol. The zero-order chi connectivity index (χ0) is 21.7. The quantitative estimate of drug-likeness (QED) is 0.253. The van der Waals surface area contributed by atoms with Crippen LogP contribution >= 0.6 is 15.9 Å². The van der Waals surface area contributed by atoms with Gasteiger partial charge in [0.2, 0.25) is 0 Å². The fourth-order valence-electron chi connectivity index (χ4n) is 4.10. The van der Waals surface area contributed by atoms with Gasteiger partial charge in [0.05, 0.1) is 22.8 Å². The van der Waals surface area contributed by atoms with E-state index in [1.165, 1.54) is 0 Å². The third-order valence-corrected chi connectivity index (χ3v) is 6.22. The van der Waals surface area contributed by atoms with E-state index in [-0.39, 0.29) is 0 Å². The Labute approximate surface area is 192 Å². The van der Waals surface area contributed by atoms with E-state index in [1.54, 1.807) is 6.08 Å². The summed E-state index contributed by atoms with van der Waals surface area (Å²) < 4.78 is -1.01. The van der Waals surface area contributed by atoms with Crippen molar-refractivity contribution in [2.75, 3.05) is 0 Å². The van der Waals surface area contributed by atoms with E-state index in [1.807, 2.05) is 60.7 Å². The molecule has 0 fully saturated rings. The molecular weight excluding hydrogens is 464 g/mol. The summed E-state index contributed by atoms with van der Waals surface area (Å²) in [5.74, 6) is 0. The van der Waals surface area contributed by atoms with Gasteiger partial charge >= 0.3 is 0 Å². The minimum Gasteiger partial charge on any atom is -0.375 e. The molecule has 8 bridgehead atoms. The largest absolute Gasteiger partial charge is 0.375 e. The van der Waals surface area contributed by atoms with E-state index in [0.29, 0.717) is 6.42 Å². The molecule has 0 aromatic carbocycles. The van der Waals surface area contributed by atoms with Gasteiger partial charge in [-0.3, -0.25) is 0 Å². The van der Waals surface area contributed by atoms with Crippen molar-refractivity contribution in [3.8, 4) is 0 Å². The summed E-state index contributed by atoms with van der Waals surface area (Å²) in [7, 11) is 0. The Bertz CT molecular complexity index is 1440. The van der Waals surface area contributed by atoms with Crippen LogP contribution in [-0.4, -0.2) is 29.6 Å². The molecule has 2 aliphatic heterocycles. The van der Waals surface area contributed by atoms with Gasteiger partial charge in [0.1, 0.15) is 4.51 Å². The molecule has 3 aliphatic rings. The third-order valence-electron chi connectivity index (χ3n) is 5.63. The summed E-state index contributed by atoms with van der Waals surface area (Å²) in [5, 5.41) is 10.3. The zero-order valence-corrected chi connectivity index (χ0v) is 18.6. The van der Waals surface area contributed by atoms with Crippen LogP contribution in [-0.2, 0) is 0 Å². The molecule has 5 heterocycles. The Hall–Kier alpha value is -3.48. The standard InChI is InChI=1S/C26H19BrN4O/c27-26(32)11-9-16(10-12-26)25-23-7-5-21(30-23)14-19-3-1-17(28-19)13-18-2-4-20(29-18)15-22-6-8-24(25)31-22/h1-11,13-15,28-29,32H,12H2. The Balaban J connectivity index is 1.66. The molecule has 1 atom stereocenters. The predicted octanol–water partition coefficient (Wildman–Crippen LogP) is 6.08. The van der Waals surface area contributed by atoms with Gasteiger partial charge < -0.3 is 15.1 Å². The first kappa shape index (κ1) is 19.2. The summed E-state index contributed by atoms with van der Waals surface area (Å²) in [6.45, 7) is 0. The van der Waals surface area contributed by atoms with E-state index in [0.717, 1.165) is 56.0 Å². The molecule has 3 aromatic heterocycles. The van der Waals surface area contributed by atoms with Gasteiger partial charge in [-0.25, -0.2) is 9.97 Å². The maximum Gasteiger partial charge on any atom is 0.141 e. The lowest BCUT2D eigenvalue weighted by atomic mass is 9.96. The number of allylic oxidation sites excluding steroid dienone is 2. The molecule has 0 amide bonds. The number of aliphatic hydroxyl groups is 1. The van der Waals surface area contributed by atoms with Gasteiger partial charge in [-0.15, -0.1) is 0 Å². The molecule has 6 heteroatoms. The molecule has 32 heavy (non-hydrogen) atoms. The smallest absolute Gasteiger partial charge is 0.141 e. The maximum absolute atomic E-state index is 10.3. The summed E-state index contributed by atoms with van der Waals surface area (Å²) in [4.78, 5) is 16.6. The van der Waals surface area contributed by atoms with E-state index in [2.05, 4.69) is 44.1 Å². The molecular formula is C26H19BrN4O. The number of rotatable bonds is 1. The molecule has 1 aliphatic carbocycles. The number of hydrogen-bond acceptors (Lipinski definition) is 3. The molecule has 0 saturated heterocycles. The zero-order valence-electron chi connectivity index (χ0n) is 17.0. The Morgan fingerprint density at radius 2 is 1.28 bits per heavy atom. The van der Waals surface area contributed by atoms with Crippen LogP contribution in [0.5, 0.6) is 0 Å². The first-order valence-corrected chi connectivity index (χ1v) is 11.2. The second-order valence-corrected chi connectivity index (χ2v) is 9.45. The van der Waals surface area contributed by atoms with Crippen molar-refractivity contribution in [3.63, 3.8) is 0 Å². The highest BCUT2D eigenvalue weighted by Crippen LogP contribution is 2.34. The van der Waals surface area contributed by atoms with Crippen molar-refractivity contribution in [3.05, 3.63) is 89.0 Å². The Kier molecular flexibility index (Phi) is 4.38. The first-order valence-electron chi connectivity index (χ1n) is 10.4. The van der Waals surface area contributed by atoms with Crippen LogP contribution in [0.1, 0.15) is 34.8 Å². The number of nitrogens with one attached hydrogen (secondary N) is 2. The summed E-state index contributed by atoms with van der Waals surface area (Å²) >= 11 is 3.33. The number of fused-ring (bicyclic) bond motifs is 8. The van der Waals surface area contributed by atoms with E-state index < -0.39 is 4.51 Å². The second-order valence-electron chi connectivity index (χ2n) is 8.07. The molecule has 0 spiro atoms. The van der Waals surface area contributed by atoms with Crippen LogP contribution in [0.2, 0.25) is 0 Å². The summed E-state index contributed by atoms with van der Waals surface area (Å²) in [5.41, 5.74) is 9.39. The lowest BCUT2D eigenvalue weighted by Gasteiger charge is -2.20. The van der Waals surface area contributed by atoms with Crippen LogP contribution in [0.3, 0.4) is 0 Å². The molecule has 0 radical (unpaired) electrons. The molecule has 1 unspecified atom stereocenters. The van der Waals surface area contributed by atoms with Crippen LogP contribution in [0, 0.1) is 0 Å². The number of hydrogen-bond donors (Lipinski definition) is 3. The molecule has 3 N–H and O–H groups in total. The normalized spacial score (nSPS) is 19.4. The topological polar surface area (TPSA) is 77.6 Å². The van der Waals surface area contributed by atoms with E-state index >= 15 is 0 Å². The third kappa shape index (κ3) is 3.68. The minimum atomic E-state index is -1.01. The van der Waals surface area contributed by atoms with Crippen molar-refractivity contribution in [1.82, 2.24) is 19.9 Å². The van der Waals surface area contributed by atoms with Gasteiger partial charge in [0.15, 0.2) is 0 Å². The van der Waals surface area contributed by atoms with Crippen LogP contribution in [0.15, 0.2) is 60.7 Å². The van der Waals surface area contributed by atoms with Crippen molar-refractivity contribution in [1.29, 1.82) is 0 Å². The average Bonchev–Trinajstić information content (AvgIpc) is 3.54. The predicted molar refractivity (Wildman–Crippen MR) is 134 cm³/mol. The van der Waals surface area contributed by atoms with Gasteiger partial charge in [0, 0.05) is 34.1 Å². The second kappa shape index (κ2) is 7.29. The maximum atomic E-state index is 10.3. The summed E-state index contributed by atoms with van der Waals surface area (Å²) in [6, 6.07) is 14.3. The lowest BCUT2D eigenvalue weighted by Crippen LogP contribution is -2.17. The first-order chi connectivity index (χ1) is 15.5. The Morgan fingerprint density at radius 3 is 1.78 bits per heavy atom. The molecule has 3 aromatic rings. The molecule has 6 rings (SSSR count). The highest BCUT2D eigenvalue weighted by atomic mass is 79.9. The van der Waals surface area contributed by atoms with Gasteiger partial charge in [-0.05, 0) is 94.3 Å². The number of H-pyrrole nitrogens is 2. The lowest BCUT2D eigenvalue weighted by molar-refractivity contribution is 0.198. The van der Waals surface area contributed by atoms with Crippen molar-refractivity contribution >= 4 is 67.9 Å². The highest BCUT2D eigenvalue weighted by molar-refractivity contribution is 9.10.